The fourth-order valence-electron chi connectivity index (χ4n) is 3.31. The maximum atomic E-state index is 4.79. The van der Waals surface area contributed by atoms with E-state index in [1.54, 1.807) is 11.3 Å². The van der Waals surface area contributed by atoms with Crippen molar-refractivity contribution in [3.63, 3.8) is 0 Å². The molecule has 1 saturated heterocycles. The van der Waals surface area contributed by atoms with E-state index >= 15 is 0 Å². The predicted octanol–water partition coefficient (Wildman–Crippen LogP) is 3.78. The molecule has 0 unspecified atom stereocenters. The number of rotatable bonds is 6. The standard InChI is InChI=1S/C21H30N4S/c1-3-22-21(23-15-20-17(2)11-14-26-20)24-19-9-12-25(13-10-19)16-18-7-5-4-6-8-18/h4-8,11,14,19H,3,9-10,12-13,15-16H2,1-2H3,(H2,22,23,24). The van der Waals surface area contributed by atoms with Crippen LogP contribution < -0.4 is 10.6 Å². The van der Waals surface area contributed by atoms with E-state index in [1.165, 1.54) is 16.0 Å². The minimum absolute atomic E-state index is 0.504. The molecule has 0 radical (unpaired) electrons. The van der Waals surface area contributed by atoms with Gasteiger partial charge in [0.05, 0.1) is 6.54 Å². The zero-order valence-electron chi connectivity index (χ0n) is 15.9. The molecule has 0 bridgehead atoms. The first kappa shape index (κ1) is 18.9. The number of hydrogen-bond acceptors (Lipinski definition) is 3. The molecule has 26 heavy (non-hydrogen) atoms. The molecule has 1 aliphatic rings. The van der Waals surface area contributed by atoms with E-state index in [9.17, 15) is 0 Å². The Kier molecular flexibility index (Phi) is 7.09. The zero-order chi connectivity index (χ0) is 18.2. The second-order valence-electron chi connectivity index (χ2n) is 6.90. The highest BCUT2D eigenvalue weighted by Crippen LogP contribution is 2.17. The highest BCUT2D eigenvalue weighted by atomic mass is 32.1. The quantitative estimate of drug-likeness (QED) is 0.600. The minimum atomic E-state index is 0.504. The van der Waals surface area contributed by atoms with E-state index in [0.717, 1.165) is 51.5 Å². The third kappa shape index (κ3) is 5.58. The van der Waals surface area contributed by atoms with Gasteiger partial charge in [0.2, 0.25) is 0 Å². The van der Waals surface area contributed by atoms with E-state index in [0.29, 0.717) is 6.04 Å². The van der Waals surface area contributed by atoms with Crippen LogP contribution in [0.15, 0.2) is 46.8 Å². The van der Waals surface area contributed by atoms with Crippen LogP contribution >= 0.6 is 11.3 Å². The SMILES string of the molecule is CCNC(=NCc1sccc1C)NC1CCN(Cc2ccccc2)CC1. The molecule has 0 aliphatic carbocycles. The molecule has 2 N–H and O–H groups in total. The van der Waals surface area contributed by atoms with Crippen LogP contribution in [0, 0.1) is 6.92 Å². The molecular formula is C21H30N4S. The Morgan fingerprint density at radius 1 is 1.19 bits per heavy atom. The van der Waals surface area contributed by atoms with E-state index < -0.39 is 0 Å². The number of guanidine groups is 1. The summed E-state index contributed by atoms with van der Waals surface area (Å²) in [5.41, 5.74) is 2.74. The minimum Gasteiger partial charge on any atom is -0.357 e. The number of thiophene rings is 1. The first-order valence-corrected chi connectivity index (χ1v) is 10.5. The highest BCUT2D eigenvalue weighted by Gasteiger charge is 2.20. The Labute approximate surface area is 161 Å². The molecular weight excluding hydrogens is 340 g/mol. The molecule has 1 fully saturated rings. The van der Waals surface area contributed by atoms with Crippen LogP contribution in [0.25, 0.3) is 0 Å². The molecule has 2 heterocycles. The van der Waals surface area contributed by atoms with E-state index in [4.69, 9.17) is 4.99 Å². The molecule has 140 valence electrons. The molecule has 1 aromatic heterocycles. The fraction of sp³-hybridized carbons (Fsp3) is 0.476. The summed E-state index contributed by atoms with van der Waals surface area (Å²) < 4.78 is 0. The van der Waals surface area contributed by atoms with Gasteiger partial charge in [0.15, 0.2) is 5.96 Å². The van der Waals surface area contributed by atoms with Crippen LogP contribution in [0.5, 0.6) is 0 Å². The van der Waals surface area contributed by atoms with Crippen molar-refractivity contribution in [3.8, 4) is 0 Å². The van der Waals surface area contributed by atoms with Crippen molar-refractivity contribution >= 4 is 17.3 Å². The summed E-state index contributed by atoms with van der Waals surface area (Å²) >= 11 is 1.79. The zero-order valence-corrected chi connectivity index (χ0v) is 16.7. The topological polar surface area (TPSA) is 39.7 Å². The molecule has 5 heteroatoms. The summed E-state index contributed by atoms with van der Waals surface area (Å²) in [6.07, 6.45) is 2.32. The van der Waals surface area contributed by atoms with Crippen LogP contribution in [-0.4, -0.2) is 36.5 Å². The molecule has 0 atom stereocenters. The Bertz CT molecular complexity index is 687. The van der Waals surface area contributed by atoms with Gasteiger partial charge in [0, 0.05) is 37.1 Å². The second kappa shape index (κ2) is 9.74. The average molecular weight is 371 g/mol. The van der Waals surface area contributed by atoms with Gasteiger partial charge in [-0.25, -0.2) is 4.99 Å². The van der Waals surface area contributed by atoms with Gasteiger partial charge in [-0.2, -0.15) is 0 Å². The monoisotopic (exact) mass is 370 g/mol. The molecule has 4 nitrogen and oxygen atoms in total. The molecule has 0 amide bonds. The average Bonchev–Trinajstić information content (AvgIpc) is 3.07. The maximum absolute atomic E-state index is 4.79. The number of benzene rings is 1. The van der Waals surface area contributed by atoms with Crippen LogP contribution in [-0.2, 0) is 13.1 Å². The number of hydrogen-bond donors (Lipinski definition) is 2. The van der Waals surface area contributed by atoms with Gasteiger partial charge in [0.1, 0.15) is 0 Å². The van der Waals surface area contributed by atoms with Gasteiger partial charge in [-0.3, -0.25) is 4.90 Å². The van der Waals surface area contributed by atoms with E-state index in [1.807, 2.05) is 0 Å². The number of aliphatic imine (C=N–C) groups is 1. The predicted molar refractivity (Wildman–Crippen MR) is 112 cm³/mol. The van der Waals surface area contributed by atoms with Gasteiger partial charge in [-0.05, 0) is 49.3 Å². The highest BCUT2D eigenvalue weighted by molar-refractivity contribution is 7.10. The molecule has 1 aromatic carbocycles. The number of piperidine rings is 1. The van der Waals surface area contributed by atoms with Crippen LogP contribution in [0.1, 0.15) is 35.8 Å². The summed E-state index contributed by atoms with van der Waals surface area (Å²) in [5.74, 6) is 0.946. The van der Waals surface area contributed by atoms with Crippen molar-refractivity contribution in [2.45, 2.75) is 45.8 Å². The largest absolute Gasteiger partial charge is 0.357 e. The summed E-state index contributed by atoms with van der Waals surface area (Å²) in [6, 6.07) is 13.4. The Hall–Kier alpha value is -1.85. The van der Waals surface area contributed by atoms with Gasteiger partial charge in [-0.1, -0.05) is 30.3 Å². The Balaban J connectivity index is 1.48. The van der Waals surface area contributed by atoms with Crippen molar-refractivity contribution in [2.75, 3.05) is 19.6 Å². The third-order valence-electron chi connectivity index (χ3n) is 4.87. The van der Waals surface area contributed by atoms with Gasteiger partial charge in [-0.15, -0.1) is 11.3 Å². The molecule has 0 spiro atoms. The normalized spacial score (nSPS) is 16.6. The maximum Gasteiger partial charge on any atom is 0.191 e. The lowest BCUT2D eigenvalue weighted by Crippen LogP contribution is -2.48. The Morgan fingerprint density at radius 3 is 2.62 bits per heavy atom. The van der Waals surface area contributed by atoms with Crippen LogP contribution in [0.2, 0.25) is 0 Å². The number of likely N-dealkylation sites (tertiary alicyclic amines) is 1. The number of nitrogens with one attached hydrogen (secondary N) is 2. The second-order valence-corrected chi connectivity index (χ2v) is 7.90. The lowest BCUT2D eigenvalue weighted by molar-refractivity contribution is 0.198. The van der Waals surface area contributed by atoms with Crippen molar-refractivity contribution < 1.29 is 0 Å². The number of aryl methyl sites for hydroxylation is 1. The molecule has 2 aromatic rings. The summed E-state index contributed by atoms with van der Waals surface area (Å²) in [7, 11) is 0. The number of nitrogens with zero attached hydrogens (tertiary/aromatic N) is 2. The van der Waals surface area contributed by atoms with E-state index in [-0.39, 0.29) is 0 Å². The van der Waals surface area contributed by atoms with Crippen LogP contribution in [0.4, 0.5) is 0 Å². The molecule has 0 saturated carbocycles. The summed E-state index contributed by atoms with van der Waals surface area (Å²) in [6.45, 7) is 9.25. The van der Waals surface area contributed by atoms with Crippen molar-refractivity contribution in [2.24, 2.45) is 4.99 Å². The first-order chi connectivity index (χ1) is 12.7. The lowest BCUT2D eigenvalue weighted by Gasteiger charge is -2.33. The third-order valence-corrected chi connectivity index (χ3v) is 5.88. The Morgan fingerprint density at radius 2 is 1.96 bits per heavy atom. The van der Waals surface area contributed by atoms with Crippen LogP contribution in [0.3, 0.4) is 0 Å². The summed E-state index contributed by atoms with van der Waals surface area (Å²) in [4.78, 5) is 8.68. The van der Waals surface area contributed by atoms with Crippen molar-refractivity contribution in [1.82, 2.24) is 15.5 Å². The smallest absolute Gasteiger partial charge is 0.191 e. The van der Waals surface area contributed by atoms with Gasteiger partial charge in [0.25, 0.3) is 0 Å². The van der Waals surface area contributed by atoms with Gasteiger partial charge >= 0.3 is 0 Å². The van der Waals surface area contributed by atoms with Crippen molar-refractivity contribution in [1.29, 1.82) is 0 Å². The summed E-state index contributed by atoms with van der Waals surface area (Å²) in [5, 5.41) is 9.17. The van der Waals surface area contributed by atoms with Gasteiger partial charge < -0.3 is 10.6 Å². The first-order valence-electron chi connectivity index (χ1n) is 9.58. The lowest BCUT2D eigenvalue weighted by atomic mass is 10.0. The van der Waals surface area contributed by atoms with Crippen molar-refractivity contribution in [3.05, 3.63) is 57.8 Å². The molecule has 3 rings (SSSR count). The fourth-order valence-corrected chi connectivity index (χ4v) is 4.14. The molecule has 1 aliphatic heterocycles. The van der Waals surface area contributed by atoms with E-state index in [2.05, 4.69) is 71.2 Å².